The van der Waals surface area contributed by atoms with Gasteiger partial charge in [-0.15, -0.1) is 0 Å². The minimum atomic E-state index is -1.18. The summed E-state index contributed by atoms with van der Waals surface area (Å²) >= 11 is 0. The molecule has 0 saturated carbocycles. The molecule has 0 aromatic rings. The highest BCUT2D eigenvalue weighted by Gasteiger charge is 2.28. The Morgan fingerprint density at radius 1 is 0.545 bits per heavy atom. The summed E-state index contributed by atoms with van der Waals surface area (Å²) < 4.78 is 0.227. The first-order valence-corrected chi connectivity index (χ1v) is 13.3. The summed E-state index contributed by atoms with van der Waals surface area (Å²) in [5.74, 6) is -3.07. The Balaban J connectivity index is 4.09. The molecule has 0 saturated heterocycles. The number of carbonyl (C=O) groups excluding carboxylic acids is 1. The number of carboxylic acids is 3. The van der Waals surface area contributed by atoms with Crippen molar-refractivity contribution in [3.8, 4) is 0 Å². The zero-order valence-electron chi connectivity index (χ0n) is 21.0. The van der Waals surface area contributed by atoms with Crippen LogP contribution in [0.25, 0.3) is 0 Å². The van der Waals surface area contributed by atoms with Gasteiger partial charge in [0.25, 0.3) is 0 Å². The average molecular weight is 472 g/mol. The molecule has 7 heteroatoms. The molecule has 0 radical (unpaired) electrons. The fourth-order valence-corrected chi connectivity index (χ4v) is 4.48. The summed E-state index contributed by atoms with van der Waals surface area (Å²) in [6, 6.07) is 0. The number of hydrogen-bond donors (Lipinski definition) is 2. The summed E-state index contributed by atoms with van der Waals surface area (Å²) in [5, 5.41) is 29.1. The lowest BCUT2D eigenvalue weighted by molar-refractivity contribution is -0.927. The molecule has 0 amide bonds. The first kappa shape index (κ1) is 31.4. The Labute approximate surface area is 201 Å². The Hall–Kier alpha value is -1.63. The molecule has 0 spiro atoms. The Morgan fingerprint density at radius 3 is 1.21 bits per heavy atom. The van der Waals surface area contributed by atoms with Crippen LogP contribution in [0.5, 0.6) is 0 Å². The van der Waals surface area contributed by atoms with Crippen molar-refractivity contribution in [2.75, 3.05) is 26.2 Å². The van der Waals surface area contributed by atoms with Crippen LogP contribution >= 0.6 is 0 Å². The average Bonchev–Trinajstić information content (AvgIpc) is 2.76. The Kier molecular flexibility index (Phi) is 19.9. The molecular weight excluding hydrogens is 422 g/mol. The van der Waals surface area contributed by atoms with E-state index in [2.05, 4.69) is 6.92 Å². The Bertz CT molecular complexity index is 477. The molecule has 0 atom stereocenters. The van der Waals surface area contributed by atoms with Crippen molar-refractivity contribution in [3.63, 3.8) is 0 Å². The van der Waals surface area contributed by atoms with Gasteiger partial charge in [-0.1, -0.05) is 90.4 Å². The number of aliphatic carboxylic acids is 3. The monoisotopic (exact) mass is 471 g/mol. The molecule has 2 N–H and O–H groups in total. The standard InChI is InChI=1S/C26H49NO6/c1-2-3-4-5-6-7-8-9-10-11-12-13-14-15-16-20-27(21-17-24(28)29,22-18-25(30)31)23-19-26(32)33/h2-23H2,1H3,(H2-,28,29,30,31,32,33). The van der Waals surface area contributed by atoms with E-state index < -0.39 is 17.9 Å². The van der Waals surface area contributed by atoms with Gasteiger partial charge in [0, 0.05) is 12.4 Å². The van der Waals surface area contributed by atoms with E-state index in [1.165, 1.54) is 77.0 Å². The minimum absolute atomic E-state index is 0.0919. The third kappa shape index (κ3) is 20.7. The van der Waals surface area contributed by atoms with Crippen molar-refractivity contribution >= 4 is 17.9 Å². The maximum Gasteiger partial charge on any atom is 0.309 e. The van der Waals surface area contributed by atoms with Gasteiger partial charge >= 0.3 is 11.9 Å². The lowest BCUT2D eigenvalue weighted by Gasteiger charge is -2.38. The van der Waals surface area contributed by atoms with Gasteiger partial charge in [-0.25, -0.2) is 0 Å². The van der Waals surface area contributed by atoms with E-state index in [1.54, 1.807) is 0 Å². The summed E-state index contributed by atoms with van der Waals surface area (Å²) in [4.78, 5) is 33.1. The van der Waals surface area contributed by atoms with Gasteiger partial charge in [0.05, 0.1) is 39.0 Å². The molecule has 0 heterocycles. The summed E-state index contributed by atoms with van der Waals surface area (Å²) in [6.45, 7) is 3.61. The van der Waals surface area contributed by atoms with Gasteiger partial charge in [-0.05, 0) is 12.8 Å². The van der Waals surface area contributed by atoms with Crippen LogP contribution in [0.4, 0.5) is 0 Å². The fraction of sp³-hybridized carbons (Fsp3) is 0.885. The maximum atomic E-state index is 11.1. The molecule has 0 rings (SSSR count). The normalized spacial score (nSPS) is 11.5. The van der Waals surface area contributed by atoms with Crippen LogP contribution in [0.2, 0.25) is 0 Å². The van der Waals surface area contributed by atoms with Gasteiger partial charge in [0.1, 0.15) is 0 Å². The van der Waals surface area contributed by atoms with E-state index >= 15 is 0 Å². The van der Waals surface area contributed by atoms with E-state index in [4.69, 9.17) is 10.2 Å². The van der Waals surface area contributed by atoms with Gasteiger partial charge in [-0.2, -0.15) is 0 Å². The molecule has 0 aliphatic heterocycles. The highest BCUT2D eigenvalue weighted by Crippen LogP contribution is 2.17. The number of carbonyl (C=O) groups is 3. The van der Waals surface area contributed by atoms with E-state index in [9.17, 15) is 19.5 Å². The predicted octanol–water partition coefficient (Wildman–Crippen LogP) is 4.76. The van der Waals surface area contributed by atoms with Crippen LogP contribution in [0.15, 0.2) is 0 Å². The van der Waals surface area contributed by atoms with Crippen LogP contribution in [0.1, 0.15) is 122 Å². The Morgan fingerprint density at radius 2 is 0.879 bits per heavy atom. The first-order valence-electron chi connectivity index (χ1n) is 13.3. The second-order valence-corrected chi connectivity index (χ2v) is 9.60. The van der Waals surface area contributed by atoms with Gasteiger partial charge in [0.15, 0.2) is 0 Å². The summed E-state index contributed by atoms with van der Waals surface area (Å²) in [7, 11) is 0. The first-order chi connectivity index (χ1) is 15.8. The molecule has 0 aliphatic rings. The zero-order valence-corrected chi connectivity index (χ0v) is 21.0. The highest BCUT2D eigenvalue weighted by atomic mass is 16.4. The van der Waals surface area contributed by atoms with Crippen LogP contribution in [0.3, 0.4) is 0 Å². The van der Waals surface area contributed by atoms with Crippen LogP contribution in [-0.2, 0) is 14.4 Å². The second-order valence-electron chi connectivity index (χ2n) is 9.60. The third-order valence-electron chi connectivity index (χ3n) is 6.63. The molecule has 0 aromatic heterocycles. The number of hydrogen-bond acceptors (Lipinski definition) is 4. The van der Waals surface area contributed by atoms with E-state index in [0.29, 0.717) is 6.54 Å². The lowest BCUT2D eigenvalue weighted by Crippen LogP contribution is -2.53. The van der Waals surface area contributed by atoms with E-state index in [1.807, 2.05) is 0 Å². The third-order valence-corrected chi connectivity index (χ3v) is 6.63. The number of unbranched alkanes of at least 4 members (excludes halogenated alkanes) is 14. The number of carboxylic acid groups (broad SMARTS) is 3. The molecule has 0 fully saturated rings. The van der Waals surface area contributed by atoms with Crippen LogP contribution in [-0.4, -0.2) is 58.8 Å². The lowest BCUT2D eigenvalue weighted by atomic mass is 10.0. The van der Waals surface area contributed by atoms with E-state index in [0.717, 1.165) is 19.3 Å². The molecule has 0 aromatic carbocycles. The van der Waals surface area contributed by atoms with Crippen molar-refractivity contribution in [1.82, 2.24) is 0 Å². The SMILES string of the molecule is CCCCCCCCCCCCCCCCC[N+](CCC(=O)[O-])(CCC(=O)O)CCC(=O)O. The fourth-order valence-electron chi connectivity index (χ4n) is 4.48. The summed E-state index contributed by atoms with van der Waals surface area (Å²) in [5.41, 5.74) is 0. The van der Waals surface area contributed by atoms with Crippen molar-refractivity contribution in [1.29, 1.82) is 0 Å². The highest BCUT2D eigenvalue weighted by molar-refractivity contribution is 5.67. The van der Waals surface area contributed by atoms with Crippen molar-refractivity contribution in [2.24, 2.45) is 0 Å². The van der Waals surface area contributed by atoms with Crippen LogP contribution < -0.4 is 5.11 Å². The molecule has 33 heavy (non-hydrogen) atoms. The van der Waals surface area contributed by atoms with Crippen molar-refractivity contribution in [2.45, 2.75) is 122 Å². The van der Waals surface area contributed by atoms with Gasteiger partial charge in [0.2, 0.25) is 0 Å². The predicted molar refractivity (Wildman–Crippen MR) is 129 cm³/mol. The largest absolute Gasteiger partial charge is 0.550 e. The minimum Gasteiger partial charge on any atom is -0.550 e. The molecule has 0 bridgehead atoms. The smallest absolute Gasteiger partial charge is 0.309 e. The zero-order chi connectivity index (χ0) is 24.8. The second kappa shape index (κ2) is 20.9. The molecule has 0 aliphatic carbocycles. The number of quaternary nitrogens is 1. The maximum absolute atomic E-state index is 11.1. The van der Waals surface area contributed by atoms with Gasteiger partial charge < -0.3 is 24.6 Å². The number of rotatable bonds is 25. The molecule has 194 valence electrons. The summed E-state index contributed by atoms with van der Waals surface area (Å²) in [6.07, 6.45) is 18.5. The molecule has 7 nitrogen and oxygen atoms in total. The van der Waals surface area contributed by atoms with Crippen molar-refractivity contribution in [3.05, 3.63) is 0 Å². The van der Waals surface area contributed by atoms with Crippen LogP contribution in [0, 0.1) is 0 Å². The quantitative estimate of drug-likeness (QED) is 0.146. The molecular formula is C26H49NO6. The van der Waals surface area contributed by atoms with E-state index in [-0.39, 0.29) is 43.4 Å². The number of nitrogens with zero attached hydrogens (tertiary/aromatic N) is 1. The molecule has 0 unspecified atom stereocenters. The van der Waals surface area contributed by atoms with Gasteiger partial charge in [-0.3, -0.25) is 9.59 Å². The van der Waals surface area contributed by atoms with Crippen molar-refractivity contribution < 1.29 is 34.2 Å². The topological polar surface area (TPSA) is 115 Å².